The standard InChI is InChI=1S/C19H22N2O4/c1-11(8-13-10-15(21)5-7-17(13)19(24)25)2-3-12-9-14(20)4-6-16(12)18(22)23/h4-7,9-11H,2-3,8,20-21H2,1H3,(H,22,23)(H,24,25). The number of aromatic carboxylic acids is 2. The van der Waals surface area contributed by atoms with Crippen molar-refractivity contribution in [2.24, 2.45) is 5.92 Å². The van der Waals surface area contributed by atoms with Crippen LogP contribution >= 0.6 is 0 Å². The number of carboxylic acid groups (broad SMARTS) is 2. The molecule has 0 aliphatic carbocycles. The minimum absolute atomic E-state index is 0.156. The van der Waals surface area contributed by atoms with Crippen LogP contribution in [-0.4, -0.2) is 22.2 Å². The van der Waals surface area contributed by atoms with Gasteiger partial charge in [-0.3, -0.25) is 0 Å². The van der Waals surface area contributed by atoms with Crippen molar-refractivity contribution in [3.05, 3.63) is 58.7 Å². The molecular formula is C19H22N2O4. The van der Waals surface area contributed by atoms with Crippen LogP contribution in [0.5, 0.6) is 0 Å². The number of nitrogens with two attached hydrogens (primary N) is 2. The summed E-state index contributed by atoms with van der Waals surface area (Å²) in [4.78, 5) is 22.6. The predicted molar refractivity (Wildman–Crippen MR) is 96.8 cm³/mol. The summed E-state index contributed by atoms with van der Waals surface area (Å²) in [5, 5.41) is 18.6. The third kappa shape index (κ3) is 4.73. The summed E-state index contributed by atoms with van der Waals surface area (Å²) in [5.74, 6) is -1.80. The first-order valence-corrected chi connectivity index (χ1v) is 8.01. The smallest absolute Gasteiger partial charge is 0.335 e. The highest BCUT2D eigenvalue weighted by Gasteiger charge is 2.15. The SMILES string of the molecule is CC(CCc1cc(N)ccc1C(=O)O)Cc1cc(N)ccc1C(=O)O. The summed E-state index contributed by atoms with van der Waals surface area (Å²) in [7, 11) is 0. The molecule has 0 fully saturated rings. The van der Waals surface area contributed by atoms with E-state index >= 15 is 0 Å². The van der Waals surface area contributed by atoms with Crippen molar-refractivity contribution in [1.82, 2.24) is 0 Å². The van der Waals surface area contributed by atoms with E-state index < -0.39 is 11.9 Å². The number of benzene rings is 2. The number of anilines is 2. The average molecular weight is 342 g/mol. The molecule has 2 aromatic rings. The molecule has 2 aromatic carbocycles. The van der Waals surface area contributed by atoms with Gasteiger partial charge in [0.25, 0.3) is 0 Å². The first-order valence-electron chi connectivity index (χ1n) is 8.01. The van der Waals surface area contributed by atoms with E-state index in [2.05, 4.69) is 0 Å². The van der Waals surface area contributed by atoms with Crippen LogP contribution in [0.15, 0.2) is 36.4 Å². The first kappa shape index (κ1) is 18.3. The maximum absolute atomic E-state index is 11.3. The monoisotopic (exact) mass is 342 g/mol. The minimum Gasteiger partial charge on any atom is -0.478 e. The molecule has 1 unspecified atom stereocenters. The molecule has 2 rings (SSSR count). The lowest BCUT2D eigenvalue weighted by Crippen LogP contribution is -2.10. The summed E-state index contributed by atoms with van der Waals surface area (Å²) in [6.45, 7) is 2.00. The zero-order chi connectivity index (χ0) is 18.6. The van der Waals surface area contributed by atoms with Gasteiger partial charge in [-0.2, -0.15) is 0 Å². The number of nitrogen functional groups attached to an aromatic ring is 2. The maximum Gasteiger partial charge on any atom is 0.335 e. The Morgan fingerprint density at radius 3 is 1.92 bits per heavy atom. The lowest BCUT2D eigenvalue weighted by atomic mass is 9.90. The summed E-state index contributed by atoms with van der Waals surface area (Å²) in [6, 6.07) is 9.53. The predicted octanol–water partition coefficient (Wildman–Crippen LogP) is 3.06. The molecule has 0 aromatic heterocycles. The number of hydrogen-bond acceptors (Lipinski definition) is 4. The molecule has 0 aliphatic heterocycles. The highest BCUT2D eigenvalue weighted by molar-refractivity contribution is 5.90. The van der Waals surface area contributed by atoms with E-state index in [1.807, 2.05) is 6.92 Å². The molecule has 1 atom stereocenters. The summed E-state index contributed by atoms with van der Waals surface area (Å²) >= 11 is 0. The Kier molecular flexibility index (Phi) is 5.64. The fourth-order valence-corrected chi connectivity index (χ4v) is 2.90. The van der Waals surface area contributed by atoms with Crippen LogP contribution in [0.4, 0.5) is 11.4 Å². The lowest BCUT2D eigenvalue weighted by Gasteiger charge is -2.15. The molecule has 0 radical (unpaired) electrons. The molecule has 0 heterocycles. The van der Waals surface area contributed by atoms with E-state index in [4.69, 9.17) is 11.5 Å². The first-order chi connectivity index (χ1) is 11.8. The number of hydrogen-bond donors (Lipinski definition) is 4. The van der Waals surface area contributed by atoms with E-state index in [0.717, 1.165) is 0 Å². The molecule has 6 heteroatoms. The van der Waals surface area contributed by atoms with Crippen molar-refractivity contribution < 1.29 is 19.8 Å². The van der Waals surface area contributed by atoms with Gasteiger partial charge in [-0.1, -0.05) is 6.92 Å². The molecule has 25 heavy (non-hydrogen) atoms. The lowest BCUT2D eigenvalue weighted by molar-refractivity contribution is 0.0684. The number of rotatable bonds is 7. The van der Waals surface area contributed by atoms with Gasteiger partial charge < -0.3 is 21.7 Å². The Hall–Kier alpha value is -3.02. The van der Waals surface area contributed by atoms with E-state index in [1.54, 1.807) is 24.3 Å². The summed E-state index contributed by atoms with van der Waals surface area (Å²) < 4.78 is 0. The summed E-state index contributed by atoms with van der Waals surface area (Å²) in [6.07, 6.45) is 1.81. The third-order valence-corrected chi connectivity index (χ3v) is 4.19. The molecular weight excluding hydrogens is 320 g/mol. The Balaban J connectivity index is 2.11. The second-order valence-corrected chi connectivity index (χ2v) is 6.29. The normalized spacial score (nSPS) is 11.9. The van der Waals surface area contributed by atoms with Gasteiger partial charge in [0.05, 0.1) is 11.1 Å². The molecule has 0 saturated heterocycles. The Morgan fingerprint density at radius 2 is 1.40 bits per heavy atom. The molecule has 0 bridgehead atoms. The van der Waals surface area contributed by atoms with E-state index in [9.17, 15) is 19.8 Å². The molecule has 0 aliphatic rings. The van der Waals surface area contributed by atoms with E-state index in [0.29, 0.717) is 41.8 Å². The van der Waals surface area contributed by atoms with E-state index in [1.165, 1.54) is 12.1 Å². The molecule has 0 amide bonds. The molecule has 132 valence electrons. The van der Waals surface area contributed by atoms with Crippen LogP contribution in [0.1, 0.15) is 45.2 Å². The quantitative estimate of drug-likeness (QED) is 0.573. The average Bonchev–Trinajstić information content (AvgIpc) is 2.52. The third-order valence-electron chi connectivity index (χ3n) is 4.19. The molecule has 0 saturated carbocycles. The fourth-order valence-electron chi connectivity index (χ4n) is 2.90. The number of carbonyl (C=O) groups is 2. The van der Waals surface area contributed by atoms with Crippen LogP contribution in [0.3, 0.4) is 0 Å². The van der Waals surface area contributed by atoms with Gasteiger partial charge in [-0.05, 0) is 72.7 Å². The van der Waals surface area contributed by atoms with Crippen LogP contribution in [0.25, 0.3) is 0 Å². The van der Waals surface area contributed by atoms with Crippen molar-refractivity contribution in [1.29, 1.82) is 0 Å². The van der Waals surface area contributed by atoms with Gasteiger partial charge in [0, 0.05) is 11.4 Å². The van der Waals surface area contributed by atoms with Crippen LogP contribution in [-0.2, 0) is 12.8 Å². The van der Waals surface area contributed by atoms with Crippen molar-refractivity contribution >= 4 is 23.3 Å². The van der Waals surface area contributed by atoms with Gasteiger partial charge >= 0.3 is 11.9 Å². The highest BCUT2D eigenvalue weighted by atomic mass is 16.4. The van der Waals surface area contributed by atoms with Gasteiger partial charge in [-0.25, -0.2) is 9.59 Å². The van der Waals surface area contributed by atoms with Crippen molar-refractivity contribution in [3.63, 3.8) is 0 Å². The second-order valence-electron chi connectivity index (χ2n) is 6.29. The maximum atomic E-state index is 11.3. The topological polar surface area (TPSA) is 127 Å². The zero-order valence-corrected chi connectivity index (χ0v) is 14.0. The number of carboxylic acids is 2. The van der Waals surface area contributed by atoms with Crippen LogP contribution in [0, 0.1) is 5.92 Å². The van der Waals surface area contributed by atoms with Crippen molar-refractivity contribution in [3.8, 4) is 0 Å². The minimum atomic E-state index is -0.980. The van der Waals surface area contributed by atoms with Gasteiger partial charge in [0.15, 0.2) is 0 Å². The zero-order valence-electron chi connectivity index (χ0n) is 14.0. The fraction of sp³-hybridized carbons (Fsp3) is 0.263. The van der Waals surface area contributed by atoms with E-state index in [-0.39, 0.29) is 17.0 Å². The molecule has 6 N–H and O–H groups in total. The largest absolute Gasteiger partial charge is 0.478 e. The van der Waals surface area contributed by atoms with Crippen LogP contribution < -0.4 is 11.5 Å². The molecule has 0 spiro atoms. The Labute approximate surface area is 146 Å². The van der Waals surface area contributed by atoms with Gasteiger partial charge in [0.1, 0.15) is 0 Å². The Morgan fingerprint density at radius 1 is 0.920 bits per heavy atom. The van der Waals surface area contributed by atoms with Crippen LogP contribution in [0.2, 0.25) is 0 Å². The van der Waals surface area contributed by atoms with Crippen molar-refractivity contribution in [2.75, 3.05) is 11.5 Å². The second kappa shape index (κ2) is 7.70. The van der Waals surface area contributed by atoms with Crippen molar-refractivity contribution in [2.45, 2.75) is 26.2 Å². The molecule has 6 nitrogen and oxygen atoms in total. The van der Waals surface area contributed by atoms with Gasteiger partial charge in [-0.15, -0.1) is 0 Å². The van der Waals surface area contributed by atoms with Gasteiger partial charge in [0.2, 0.25) is 0 Å². The number of aryl methyl sites for hydroxylation is 1. The summed E-state index contributed by atoms with van der Waals surface area (Å²) in [5.41, 5.74) is 14.4. The highest BCUT2D eigenvalue weighted by Crippen LogP contribution is 2.22. The Bertz CT molecular complexity index is 802.